The van der Waals surface area contributed by atoms with Gasteiger partial charge in [0.2, 0.25) is 0 Å². The number of ether oxygens (including phenoxy) is 1. The van der Waals surface area contributed by atoms with Crippen LogP contribution in [0.1, 0.15) is 16.7 Å². The third kappa shape index (κ3) is 3.26. The summed E-state index contributed by atoms with van der Waals surface area (Å²) in [7, 11) is 3.19. The molecule has 0 aliphatic carbocycles. The molecule has 4 rings (SSSR count). The summed E-state index contributed by atoms with van der Waals surface area (Å²) in [5.41, 5.74) is 1.75. The van der Waals surface area contributed by atoms with Crippen molar-refractivity contribution in [3.63, 3.8) is 0 Å². The maximum absolute atomic E-state index is 13.3. The van der Waals surface area contributed by atoms with E-state index >= 15 is 0 Å². The number of imidazole rings is 1. The van der Waals surface area contributed by atoms with Gasteiger partial charge in [-0.15, -0.1) is 0 Å². The predicted molar refractivity (Wildman–Crippen MR) is 112 cm³/mol. The van der Waals surface area contributed by atoms with Crippen LogP contribution in [0.25, 0.3) is 11.2 Å². The molecule has 2 aromatic carbocycles. The molecule has 150 valence electrons. The van der Waals surface area contributed by atoms with E-state index in [2.05, 4.69) is 11.1 Å². The molecule has 0 saturated heterocycles. The van der Waals surface area contributed by atoms with Crippen molar-refractivity contribution in [2.75, 3.05) is 7.11 Å². The van der Waals surface area contributed by atoms with E-state index in [1.165, 1.54) is 4.57 Å². The van der Waals surface area contributed by atoms with Crippen LogP contribution in [0.2, 0.25) is 0 Å². The van der Waals surface area contributed by atoms with Gasteiger partial charge in [-0.3, -0.25) is 13.9 Å². The fraction of sp³-hybridized carbons (Fsp3) is 0.182. The van der Waals surface area contributed by atoms with Crippen molar-refractivity contribution in [2.24, 2.45) is 7.05 Å². The molecule has 8 nitrogen and oxygen atoms in total. The Morgan fingerprint density at radius 3 is 2.50 bits per heavy atom. The van der Waals surface area contributed by atoms with Gasteiger partial charge in [-0.25, -0.2) is 9.78 Å². The molecule has 0 amide bonds. The van der Waals surface area contributed by atoms with E-state index in [4.69, 9.17) is 4.74 Å². The number of aryl methyl sites for hydroxylation is 1. The first-order chi connectivity index (χ1) is 14.5. The highest BCUT2D eigenvalue weighted by atomic mass is 16.5. The molecular weight excluding hydrogens is 382 g/mol. The zero-order valence-corrected chi connectivity index (χ0v) is 16.6. The van der Waals surface area contributed by atoms with E-state index in [1.54, 1.807) is 49.3 Å². The molecule has 4 aromatic rings. The highest BCUT2D eigenvalue weighted by Crippen LogP contribution is 2.15. The average Bonchev–Trinajstić information content (AvgIpc) is 3.19. The van der Waals surface area contributed by atoms with Crippen molar-refractivity contribution in [1.82, 2.24) is 18.7 Å². The number of rotatable bonds is 5. The summed E-state index contributed by atoms with van der Waals surface area (Å²) >= 11 is 0. The number of methoxy groups -OCH3 is 1. The number of nitrogens with zero attached hydrogens (tertiary/aromatic N) is 5. The Kier molecular flexibility index (Phi) is 4.94. The highest BCUT2D eigenvalue weighted by Gasteiger charge is 2.17. The molecule has 2 heterocycles. The smallest absolute Gasteiger partial charge is 0.332 e. The van der Waals surface area contributed by atoms with E-state index in [0.717, 1.165) is 15.9 Å². The van der Waals surface area contributed by atoms with Crippen LogP contribution in [0, 0.1) is 11.3 Å². The molecule has 0 aliphatic rings. The number of hydrogen-bond donors (Lipinski definition) is 0. The Bertz CT molecular complexity index is 1390. The van der Waals surface area contributed by atoms with E-state index in [9.17, 15) is 14.9 Å². The van der Waals surface area contributed by atoms with Crippen LogP contribution in [0.3, 0.4) is 0 Å². The van der Waals surface area contributed by atoms with Crippen molar-refractivity contribution >= 4 is 11.2 Å². The number of benzene rings is 2. The summed E-state index contributed by atoms with van der Waals surface area (Å²) in [6.07, 6.45) is 1.56. The first-order valence-corrected chi connectivity index (χ1v) is 9.29. The molecule has 0 bridgehead atoms. The fourth-order valence-electron chi connectivity index (χ4n) is 3.45. The molecule has 0 fully saturated rings. The van der Waals surface area contributed by atoms with Crippen LogP contribution in [0.5, 0.6) is 5.75 Å². The summed E-state index contributed by atoms with van der Waals surface area (Å²) in [5.74, 6) is 0.746. The molecule has 2 aromatic heterocycles. The average molecular weight is 401 g/mol. The van der Waals surface area contributed by atoms with Gasteiger partial charge in [0.25, 0.3) is 5.56 Å². The quantitative estimate of drug-likeness (QED) is 0.509. The lowest BCUT2D eigenvalue weighted by Gasteiger charge is -2.11. The van der Waals surface area contributed by atoms with Crippen LogP contribution in [-0.4, -0.2) is 25.8 Å². The number of hydrogen-bond acceptors (Lipinski definition) is 5. The first kappa shape index (κ1) is 19.2. The molecule has 0 saturated carbocycles. The van der Waals surface area contributed by atoms with E-state index in [-0.39, 0.29) is 6.54 Å². The molecule has 0 atom stereocenters. The molecule has 0 spiro atoms. The van der Waals surface area contributed by atoms with Crippen LogP contribution in [0.15, 0.2) is 64.4 Å². The van der Waals surface area contributed by atoms with Gasteiger partial charge in [-0.1, -0.05) is 30.3 Å². The minimum atomic E-state index is -0.477. The van der Waals surface area contributed by atoms with Crippen molar-refractivity contribution < 1.29 is 4.74 Å². The number of nitriles is 1. The van der Waals surface area contributed by atoms with Crippen molar-refractivity contribution in [3.05, 3.63) is 92.4 Å². The Hall–Kier alpha value is -4.12. The van der Waals surface area contributed by atoms with Gasteiger partial charge in [-0.2, -0.15) is 5.26 Å². The Labute approximate surface area is 171 Å². The Morgan fingerprint density at radius 2 is 1.80 bits per heavy atom. The molecule has 8 heteroatoms. The molecular formula is C22H19N5O3. The van der Waals surface area contributed by atoms with Crippen LogP contribution < -0.4 is 16.0 Å². The van der Waals surface area contributed by atoms with Crippen molar-refractivity contribution in [2.45, 2.75) is 13.1 Å². The fourth-order valence-corrected chi connectivity index (χ4v) is 3.45. The van der Waals surface area contributed by atoms with Gasteiger partial charge in [0.1, 0.15) is 5.75 Å². The summed E-state index contributed by atoms with van der Waals surface area (Å²) in [4.78, 5) is 30.4. The predicted octanol–water partition coefficient (Wildman–Crippen LogP) is 1.87. The molecule has 30 heavy (non-hydrogen) atoms. The van der Waals surface area contributed by atoms with Crippen LogP contribution in [-0.2, 0) is 20.1 Å². The molecule has 0 N–H and O–H groups in total. The zero-order chi connectivity index (χ0) is 21.3. The third-order valence-corrected chi connectivity index (χ3v) is 5.08. The van der Waals surface area contributed by atoms with E-state index in [0.29, 0.717) is 28.8 Å². The number of aromatic nitrogens is 4. The van der Waals surface area contributed by atoms with Gasteiger partial charge >= 0.3 is 5.69 Å². The zero-order valence-electron chi connectivity index (χ0n) is 16.6. The lowest BCUT2D eigenvalue weighted by Crippen LogP contribution is -2.40. The summed E-state index contributed by atoms with van der Waals surface area (Å²) in [6, 6.07) is 16.5. The lowest BCUT2D eigenvalue weighted by molar-refractivity contribution is 0.414. The second-order valence-corrected chi connectivity index (χ2v) is 6.89. The standard InChI is InChI=1S/C22H19N5O3/c1-25-20-19(26(14-24-20)12-15-7-9-18(30-2)10-8-15)21(28)27(22(25)29)13-17-6-4-3-5-16(17)11-23/h3-10,14H,12-13H2,1-2H3. The second-order valence-electron chi connectivity index (χ2n) is 6.89. The summed E-state index contributed by atoms with van der Waals surface area (Å²) in [5, 5.41) is 9.33. The second kappa shape index (κ2) is 7.72. The van der Waals surface area contributed by atoms with Gasteiger partial charge in [0, 0.05) is 13.6 Å². The van der Waals surface area contributed by atoms with E-state index in [1.807, 2.05) is 24.3 Å². The Morgan fingerprint density at radius 1 is 1.07 bits per heavy atom. The van der Waals surface area contributed by atoms with Gasteiger partial charge in [-0.05, 0) is 29.3 Å². The highest BCUT2D eigenvalue weighted by molar-refractivity contribution is 5.70. The van der Waals surface area contributed by atoms with Crippen LogP contribution >= 0.6 is 0 Å². The lowest BCUT2D eigenvalue weighted by atomic mass is 10.1. The summed E-state index contributed by atoms with van der Waals surface area (Å²) in [6.45, 7) is 0.432. The van der Waals surface area contributed by atoms with Gasteiger partial charge in [0.15, 0.2) is 11.2 Å². The van der Waals surface area contributed by atoms with Crippen molar-refractivity contribution in [1.29, 1.82) is 5.26 Å². The number of fused-ring (bicyclic) bond motifs is 1. The van der Waals surface area contributed by atoms with Crippen LogP contribution in [0.4, 0.5) is 0 Å². The normalized spacial score (nSPS) is 10.8. The maximum atomic E-state index is 13.3. The topological polar surface area (TPSA) is 94.8 Å². The minimum Gasteiger partial charge on any atom is -0.497 e. The molecule has 0 unspecified atom stereocenters. The SMILES string of the molecule is COc1ccc(Cn2cnc3c2c(=O)n(Cc2ccccc2C#N)c(=O)n3C)cc1. The maximum Gasteiger partial charge on any atom is 0.332 e. The van der Waals surface area contributed by atoms with Crippen molar-refractivity contribution in [3.8, 4) is 11.8 Å². The largest absolute Gasteiger partial charge is 0.497 e. The van der Waals surface area contributed by atoms with Gasteiger partial charge in [0.05, 0.1) is 31.6 Å². The summed E-state index contributed by atoms with van der Waals surface area (Å²) < 4.78 is 9.41. The van der Waals surface area contributed by atoms with Gasteiger partial charge < -0.3 is 9.30 Å². The molecule has 0 aliphatic heterocycles. The Balaban J connectivity index is 1.83. The monoisotopic (exact) mass is 401 g/mol. The molecule has 0 radical (unpaired) electrons. The first-order valence-electron chi connectivity index (χ1n) is 9.29. The van der Waals surface area contributed by atoms with E-state index < -0.39 is 11.2 Å². The third-order valence-electron chi connectivity index (χ3n) is 5.08. The minimum absolute atomic E-state index is 0.0128.